The van der Waals surface area contributed by atoms with Gasteiger partial charge in [0.05, 0.1) is 5.92 Å². The maximum absolute atomic E-state index is 12.0. The van der Waals surface area contributed by atoms with Crippen LogP contribution in [0.4, 0.5) is 0 Å². The summed E-state index contributed by atoms with van der Waals surface area (Å²) in [5, 5.41) is 5.80. The van der Waals surface area contributed by atoms with Gasteiger partial charge in [0.15, 0.2) is 0 Å². The van der Waals surface area contributed by atoms with Crippen molar-refractivity contribution in [3.63, 3.8) is 0 Å². The van der Waals surface area contributed by atoms with E-state index in [0.29, 0.717) is 13.0 Å². The maximum Gasteiger partial charge on any atom is 0.225 e. The van der Waals surface area contributed by atoms with Gasteiger partial charge in [-0.15, -0.1) is 0 Å². The molecule has 1 atom stereocenters. The number of carbonyl (C=O) groups excluding carboxylic acids is 2. The lowest BCUT2D eigenvalue weighted by Gasteiger charge is -2.32. The van der Waals surface area contributed by atoms with E-state index < -0.39 is 0 Å². The highest BCUT2D eigenvalue weighted by molar-refractivity contribution is 5.89. The Bertz CT molecular complexity index is 264. The Hall–Kier alpha value is -1.06. The zero-order valence-corrected chi connectivity index (χ0v) is 10.4. The van der Waals surface area contributed by atoms with Crippen LogP contribution in [0, 0.1) is 5.92 Å². The van der Waals surface area contributed by atoms with Gasteiger partial charge in [0.2, 0.25) is 11.8 Å². The molecule has 1 heterocycles. The van der Waals surface area contributed by atoms with E-state index in [2.05, 4.69) is 31.4 Å². The van der Waals surface area contributed by atoms with Gasteiger partial charge in [-0.2, -0.15) is 0 Å². The van der Waals surface area contributed by atoms with Gasteiger partial charge in [0, 0.05) is 18.5 Å². The highest BCUT2D eigenvalue weighted by Crippen LogP contribution is 2.21. The molecule has 0 aromatic rings. The summed E-state index contributed by atoms with van der Waals surface area (Å²) < 4.78 is 0. The third-order valence-corrected chi connectivity index (χ3v) is 3.77. The first-order valence-electron chi connectivity index (χ1n) is 6.15. The number of nitrogens with one attached hydrogen (secondary N) is 2. The highest BCUT2D eigenvalue weighted by Gasteiger charge is 2.33. The molecule has 0 aromatic carbocycles. The standard InChI is InChI=1S/C12H22N2O2/c1-4-12(5-2,6-3)14-11(16)9-7-10(15)13-8-9/h9H,4-8H2,1-3H3,(H,13,15)(H,14,16). The zero-order valence-electron chi connectivity index (χ0n) is 10.4. The van der Waals surface area contributed by atoms with Gasteiger partial charge in [-0.3, -0.25) is 9.59 Å². The van der Waals surface area contributed by atoms with Crippen LogP contribution in [0.25, 0.3) is 0 Å². The number of hydrogen-bond donors (Lipinski definition) is 2. The third kappa shape index (κ3) is 2.74. The van der Waals surface area contributed by atoms with Crippen molar-refractivity contribution >= 4 is 11.8 Å². The van der Waals surface area contributed by atoms with Gasteiger partial charge in [-0.1, -0.05) is 20.8 Å². The molecule has 92 valence electrons. The Kier molecular flexibility index (Phi) is 4.33. The van der Waals surface area contributed by atoms with Crippen LogP contribution in [0.15, 0.2) is 0 Å². The lowest BCUT2D eigenvalue weighted by molar-refractivity contribution is -0.128. The Morgan fingerprint density at radius 1 is 1.38 bits per heavy atom. The Balaban J connectivity index is 2.58. The van der Waals surface area contributed by atoms with E-state index in [1.54, 1.807) is 0 Å². The molecule has 0 saturated carbocycles. The van der Waals surface area contributed by atoms with Crippen LogP contribution in [-0.2, 0) is 9.59 Å². The second-order valence-electron chi connectivity index (χ2n) is 4.54. The summed E-state index contributed by atoms with van der Waals surface area (Å²) >= 11 is 0. The predicted molar refractivity (Wildman–Crippen MR) is 62.9 cm³/mol. The Labute approximate surface area is 97.2 Å². The average Bonchev–Trinajstić information content (AvgIpc) is 2.73. The van der Waals surface area contributed by atoms with Crippen molar-refractivity contribution in [2.24, 2.45) is 5.92 Å². The summed E-state index contributed by atoms with van der Waals surface area (Å²) in [6.07, 6.45) is 3.12. The molecule has 2 N–H and O–H groups in total. The monoisotopic (exact) mass is 226 g/mol. The molecule has 2 amide bonds. The molecule has 16 heavy (non-hydrogen) atoms. The van der Waals surface area contributed by atoms with E-state index in [9.17, 15) is 9.59 Å². The number of amides is 2. The van der Waals surface area contributed by atoms with Crippen molar-refractivity contribution in [1.29, 1.82) is 0 Å². The zero-order chi connectivity index (χ0) is 12.2. The molecule has 1 aliphatic heterocycles. The van der Waals surface area contributed by atoms with Gasteiger partial charge < -0.3 is 10.6 Å². The van der Waals surface area contributed by atoms with Crippen molar-refractivity contribution in [3.8, 4) is 0 Å². The topological polar surface area (TPSA) is 58.2 Å². The van der Waals surface area contributed by atoms with Crippen LogP contribution >= 0.6 is 0 Å². The quantitative estimate of drug-likeness (QED) is 0.740. The van der Waals surface area contributed by atoms with Crippen LogP contribution in [0.2, 0.25) is 0 Å². The molecule has 4 nitrogen and oxygen atoms in total. The summed E-state index contributed by atoms with van der Waals surface area (Å²) in [5.74, 6) is -0.185. The Morgan fingerprint density at radius 3 is 2.31 bits per heavy atom. The summed E-state index contributed by atoms with van der Waals surface area (Å²) in [7, 11) is 0. The smallest absolute Gasteiger partial charge is 0.225 e. The van der Waals surface area contributed by atoms with Crippen molar-refractivity contribution in [3.05, 3.63) is 0 Å². The molecular formula is C12H22N2O2. The van der Waals surface area contributed by atoms with Crippen LogP contribution in [0.5, 0.6) is 0 Å². The van der Waals surface area contributed by atoms with Crippen molar-refractivity contribution in [2.45, 2.75) is 52.0 Å². The molecule has 0 spiro atoms. The van der Waals surface area contributed by atoms with Crippen LogP contribution < -0.4 is 10.6 Å². The van der Waals surface area contributed by atoms with Crippen molar-refractivity contribution in [2.75, 3.05) is 6.54 Å². The maximum atomic E-state index is 12.0. The number of carbonyl (C=O) groups is 2. The molecule has 0 aromatic heterocycles. The fraction of sp³-hybridized carbons (Fsp3) is 0.833. The molecule has 4 heteroatoms. The molecule has 1 unspecified atom stereocenters. The first kappa shape index (κ1) is 13.0. The van der Waals surface area contributed by atoms with Crippen LogP contribution in [-0.4, -0.2) is 23.9 Å². The van der Waals surface area contributed by atoms with E-state index >= 15 is 0 Å². The van der Waals surface area contributed by atoms with E-state index in [1.807, 2.05) is 0 Å². The third-order valence-electron chi connectivity index (χ3n) is 3.77. The van der Waals surface area contributed by atoms with Crippen molar-refractivity contribution < 1.29 is 9.59 Å². The molecule has 0 bridgehead atoms. The first-order chi connectivity index (χ1) is 7.56. The first-order valence-corrected chi connectivity index (χ1v) is 6.15. The second kappa shape index (κ2) is 5.32. The molecular weight excluding hydrogens is 204 g/mol. The van der Waals surface area contributed by atoms with E-state index in [0.717, 1.165) is 19.3 Å². The van der Waals surface area contributed by atoms with E-state index in [1.165, 1.54) is 0 Å². The fourth-order valence-corrected chi connectivity index (χ4v) is 2.17. The minimum Gasteiger partial charge on any atom is -0.355 e. The molecule has 1 saturated heterocycles. The summed E-state index contributed by atoms with van der Waals surface area (Å²) in [5.41, 5.74) is -0.0945. The molecule has 0 aliphatic carbocycles. The predicted octanol–water partition coefficient (Wildman–Crippen LogP) is 1.21. The van der Waals surface area contributed by atoms with E-state index in [-0.39, 0.29) is 23.3 Å². The van der Waals surface area contributed by atoms with Crippen molar-refractivity contribution in [1.82, 2.24) is 10.6 Å². The van der Waals surface area contributed by atoms with Crippen LogP contribution in [0.3, 0.4) is 0 Å². The summed E-state index contributed by atoms with van der Waals surface area (Å²) in [6.45, 7) is 6.75. The van der Waals surface area contributed by atoms with Gasteiger partial charge >= 0.3 is 0 Å². The molecule has 0 radical (unpaired) electrons. The average molecular weight is 226 g/mol. The van der Waals surface area contributed by atoms with Gasteiger partial charge in [-0.25, -0.2) is 0 Å². The SMILES string of the molecule is CCC(CC)(CC)NC(=O)C1CNC(=O)C1. The van der Waals surface area contributed by atoms with Crippen LogP contribution in [0.1, 0.15) is 46.5 Å². The normalized spacial score (nSPS) is 20.7. The second-order valence-corrected chi connectivity index (χ2v) is 4.54. The number of hydrogen-bond acceptors (Lipinski definition) is 2. The fourth-order valence-electron chi connectivity index (χ4n) is 2.17. The number of rotatable bonds is 5. The molecule has 1 aliphatic rings. The largest absolute Gasteiger partial charge is 0.355 e. The minimum atomic E-state index is -0.184. The van der Waals surface area contributed by atoms with Gasteiger partial charge in [0.1, 0.15) is 0 Å². The highest BCUT2D eigenvalue weighted by atomic mass is 16.2. The lowest BCUT2D eigenvalue weighted by atomic mass is 9.89. The van der Waals surface area contributed by atoms with Gasteiger partial charge in [-0.05, 0) is 19.3 Å². The summed E-state index contributed by atoms with van der Waals surface area (Å²) in [4.78, 5) is 23.0. The van der Waals surface area contributed by atoms with E-state index in [4.69, 9.17) is 0 Å². The minimum absolute atomic E-state index is 0.0175. The van der Waals surface area contributed by atoms with Gasteiger partial charge in [0.25, 0.3) is 0 Å². The lowest BCUT2D eigenvalue weighted by Crippen LogP contribution is -2.49. The Morgan fingerprint density at radius 2 is 1.94 bits per heavy atom. The summed E-state index contributed by atoms with van der Waals surface area (Å²) in [6, 6.07) is 0. The molecule has 1 rings (SSSR count). The molecule has 1 fully saturated rings.